The van der Waals surface area contributed by atoms with Gasteiger partial charge >= 0.3 is 7.12 Å². The molecule has 1 heterocycles. The minimum atomic E-state index is -0.822. The van der Waals surface area contributed by atoms with Gasteiger partial charge in [-0.25, -0.2) is 0 Å². The van der Waals surface area contributed by atoms with Gasteiger partial charge in [0.2, 0.25) is 0 Å². The summed E-state index contributed by atoms with van der Waals surface area (Å²) in [4.78, 5) is 11.6. The summed E-state index contributed by atoms with van der Waals surface area (Å²) in [7, 11) is 0.762. The van der Waals surface area contributed by atoms with Crippen molar-refractivity contribution in [1.82, 2.24) is 0 Å². The fraction of sp³-hybridized carbons (Fsp3) is 0.455. The number of nitro groups is 1. The molecular formula is C22H29BN2O6. The van der Waals surface area contributed by atoms with E-state index in [2.05, 4.69) is 5.32 Å². The number of para-hydroxylation sites is 1. The second-order valence-electron chi connectivity index (χ2n) is 8.36. The first kappa shape index (κ1) is 22.9. The maximum absolute atomic E-state index is 12.0. The minimum Gasteiger partial charge on any atom is -0.493 e. The highest BCUT2D eigenvalue weighted by molar-refractivity contribution is 6.63. The molecule has 3 rings (SSSR count). The Morgan fingerprint density at radius 2 is 1.77 bits per heavy atom. The summed E-state index contributed by atoms with van der Waals surface area (Å²) in [5.74, 6) is 1.27. The van der Waals surface area contributed by atoms with Crippen LogP contribution >= 0.6 is 0 Å². The lowest BCUT2D eigenvalue weighted by molar-refractivity contribution is -0.382. The van der Waals surface area contributed by atoms with Crippen molar-refractivity contribution in [3.05, 3.63) is 52.1 Å². The second-order valence-corrected chi connectivity index (χ2v) is 8.36. The maximum Gasteiger partial charge on any atom is 0.502 e. The van der Waals surface area contributed by atoms with Crippen LogP contribution in [0.2, 0.25) is 0 Å². The van der Waals surface area contributed by atoms with Gasteiger partial charge in [0.25, 0.3) is 5.69 Å². The fourth-order valence-corrected chi connectivity index (χ4v) is 3.36. The van der Waals surface area contributed by atoms with Gasteiger partial charge in [-0.3, -0.25) is 10.1 Å². The number of anilines is 1. The van der Waals surface area contributed by atoms with Crippen LogP contribution < -0.4 is 20.3 Å². The molecule has 0 atom stereocenters. The Morgan fingerprint density at radius 3 is 2.35 bits per heavy atom. The van der Waals surface area contributed by atoms with E-state index in [9.17, 15) is 10.1 Å². The van der Waals surface area contributed by atoms with E-state index in [4.69, 9.17) is 18.8 Å². The minimum absolute atomic E-state index is 0.0560. The number of rotatable bonds is 8. The van der Waals surface area contributed by atoms with Crippen LogP contribution in [-0.2, 0) is 15.9 Å². The quantitative estimate of drug-likeness (QED) is 0.387. The molecule has 1 fully saturated rings. The molecule has 0 saturated carbocycles. The van der Waals surface area contributed by atoms with Crippen LogP contribution in [0.25, 0.3) is 0 Å². The van der Waals surface area contributed by atoms with Gasteiger partial charge in [0.1, 0.15) is 5.69 Å². The molecule has 1 aliphatic rings. The van der Waals surface area contributed by atoms with E-state index in [0.717, 1.165) is 5.56 Å². The van der Waals surface area contributed by atoms with Crippen molar-refractivity contribution in [1.29, 1.82) is 0 Å². The molecule has 1 aliphatic heterocycles. The van der Waals surface area contributed by atoms with Crippen molar-refractivity contribution in [3.8, 4) is 11.5 Å². The second kappa shape index (κ2) is 8.76. The zero-order valence-electron chi connectivity index (χ0n) is 18.9. The van der Waals surface area contributed by atoms with Crippen LogP contribution in [0.15, 0.2) is 36.4 Å². The normalized spacial score (nSPS) is 16.8. The van der Waals surface area contributed by atoms with Gasteiger partial charge in [-0.15, -0.1) is 0 Å². The molecular weight excluding hydrogens is 399 g/mol. The number of hydrogen-bond acceptors (Lipinski definition) is 7. The number of nitrogens with one attached hydrogen (secondary N) is 1. The van der Waals surface area contributed by atoms with Crippen molar-refractivity contribution >= 4 is 24.0 Å². The summed E-state index contributed by atoms with van der Waals surface area (Å²) >= 11 is 0. The third kappa shape index (κ3) is 4.62. The lowest BCUT2D eigenvalue weighted by Gasteiger charge is -2.32. The topological polar surface area (TPSA) is 92.1 Å². The van der Waals surface area contributed by atoms with Gasteiger partial charge < -0.3 is 24.1 Å². The SMILES string of the molecule is CCOc1cc(CNc2cccc(B3OC(C)(C)C(C)(C)O3)c2[N+](=O)[O-])ccc1OC. The first-order chi connectivity index (χ1) is 14.6. The summed E-state index contributed by atoms with van der Waals surface area (Å²) in [6, 6.07) is 10.7. The molecule has 166 valence electrons. The average molecular weight is 428 g/mol. The Morgan fingerprint density at radius 1 is 1.10 bits per heavy atom. The Labute approximate surface area is 183 Å². The van der Waals surface area contributed by atoms with E-state index >= 15 is 0 Å². The predicted octanol–water partition coefficient (Wildman–Crippen LogP) is 3.91. The van der Waals surface area contributed by atoms with Crippen molar-refractivity contribution in [2.75, 3.05) is 19.0 Å². The monoisotopic (exact) mass is 428 g/mol. The van der Waals surface area contributed by atoms with Gasteiger partial charge in [-0.2, -0.15) is 0 Å². The number of nitro benzene ring substituents is 1. The molecule has 1 N–H and O–H groups in total. The number of hydrogen-bond donors (Lipinski definition) is 1. The lowest BCUT2D eigenvalue weighted by Crippen LogP contribution is -2.41. The number of nitrogens with zero attached hydrogens (tertiary/aromatic N) is 1. The molecule has 0 aromatic heterocycles. The van der Waals surface area contributed by atoms with Crippen molar-refractivity contribution in [2.45, 2.75) is 52.4 Å². The maximum atomic E-state index is 12.0. The van der Waals surface area contributed by atoms with E-state index in [1.807, 2.05) is 52.8 Å². The molecule has 31 heavy (non-hydrogen) atoms. The van der Waals surface area contributed by atoms with Crippen LogP contribution in [-0.4, -0.2) is 37.0 Å². The molecule has 0 aliphatic carbocycles. The van der Waals surface area contributed by atoms with Crippen LogP contribution in [0, 0.1) is 10.1 Å². The van der Waals surface area contributed by atoms with Crippen LogP contribution in [0.3, 0.4) is 0 Å². The Balaban J connectivity index is 1.87. The van der Waals surface area contributed by atoms with Gasteiger partial charge in [0, 0.05) is 6.54 Å². The summed E-state index contributed by atoms with van der Waals surface area (Å²) in [6.45, 7) is 10.4. The number of ether oxygens (including phenoxy) is 2. The molecule has 8 nitrogen and oxygen atoms in total. The van der Waals surface area contributed by atoms with Crippen molar-refractivity contribution in [2.24, 2.45) is 0 Å². The zero-order chi connectivity index (χ0) is 22.8. The number of methoxy groups -OCH3 is 1. The van der Waals surface area contributed by atoms with Gasteiger partial charge in [-0.1, -0.05) is 18.2 Å². The zero-order valence-corrected chi connectivity index (χ0v) is 18.9. The third-order valence-corrected chi connectivity index (χ3v) is 5.77. The van der Waals surface area contributed by atoms with E-state index in [0.29, 0.717) is 35.8 Å². The van der Waals surface area contributed by atoms with Crippen LogP contribution in [0.4, 0.5) is 11.4 Å². The van der Waals surface area contributed by atoms with E-state index in [1.165, 1.54) is 0 Å². The standard InChI is InChI=1S/C22H29BN2O6/c1-7-29-19-13-15(11-12-18(19)28-6)14-24-17-10-8-9-16(20(17)25(26)27)23-30-21(2,3)22(4,5)31-23/h8-13,24H,7,14H2,1-6H3. The summed E-state index contributed by atoms with van der Waals surface area (Å²) in [5, 5.41) is 15.1. The Kier molecular flexibility index (Phi) is 6.47. The molecule has 1 saturated heterocycles. The summed E-state index contributed by atoms with van der Waals surface area (Å²) in [5.41, 5.74) is 0.449. The molecule has 2 aromatic carbocycles. The van der Waals surface area contributed by atoms with Gasteiger partial charge in [0.15, 0.2) is 11.5 Å². The molecule has 0 bridgehead atoms. The number of benzene rings is 2. The molecule has 0 radical (unpaired) electrons. The van der Waals surface area contributed by atoms with Crippen molar-refractivity contribution < 1.29 is 23.7 Å². The largest absolute Gasteiger partial charge is 0.502 e. The first-order valence-electron chi connectivity index (χ1n) is 10.3. The third-order valence-electron chi connectivity index (χ3n) is 5.77. The first-order valence-corrected chi connectivity index (χ1v) is 10.3. The highest BCUT2D eigenvalue weighted by Crippen LogP contribution is 2.38. The van der Waals surface area contributed by atoms with E-state index < -0.39 is 23.2 Å². The average Bonchev–Trinajstić information content (AvgIpc) is 2.93. The van der Waals surface area contributed by atoms with E-state index in [-0.39, 0.29) is 5.69 Å². The molecule has 0 spiro atoms. The molecule has 0 amide bonds. The van der Waals surface area contributed by atoms with Gasteiger partial charge in [-0.05, 0) is 58.4 Å². The summed E-state index contributed by atoms with van der Waals surface area (Å²) < 4.78 is 23.0. The Bertz CT molecular complexity index is 947. The highest BCUT2D eigenvalue weighted by atomic mass is 16.7. The molecule has 0 unspecified atom stereocenters. The Hall–Kier alpha value is -2.78. The summed E-state index contributed by atoms with van der Waals surface area (Å²) in [6.07, 6.45) is 0. The van der Waals surface area contributed by atoms with Crippen molar-refractivity contribution in [3.63, 3.8) is 0 Å². The highest BCUT2D eigenvalue weighted by Gasteiger charge is 2.53. The van der Waals surface area contributed by atoms with Crippen LogP contribution in [0.1, 0.15) is 40.2 Å². The fourth-order valence-electron chi connectivity index (χ4n) is 3.36. The van der Waals surface area contributed by atoms with Crippen LogP contribution in [0.5, 0.6) is 11.5 Å². The van der Waals surface area contributed by atoms with E-state index in [1.54, 1.807) is 25.3 Å². The predicted molar refractivity (Wildman–Crippen MR) is 120 cm³/mol. The van der Waals surface area contributed by atoms with Gasteiger partial charge in [0.05, 0.1) is 35.3 Å². The smallest absolute Gasteiger partial charge is 0.493 e. The molecule has 9 heteroatoms. The lowest BCUT2D eigenvalue weighted by atomic mass is 9.77. The molecule has 2 aromatic rings.